The molecule has 0 unspecified atom stereocenters. The molecule has 0 radical (unpaired) electrons. The topological polar surface area (TPSA) is 46.5 Å². The summed E-state index contributed by atoms with van der Waals surface area (Å²) in [6.45, 7) is 0. The number of phenolic OH excluding ortho intramolecular Hbond substituents is 1. The Labute approximate surface area is 100 Å². The number of benzene rings is 1. The molecule has 0 heterocycles. The molecule has 0 fully saturated rings. The van der Waals surface area contributed by atoms with E-state index >= 15 is 0 Å². The van der Waals surface area contributed by atoms with Crippen molar-refractivity contribution in [2.75, 3.05) is 7.11 Å². The van der Waals surface area contributed by atoms with Gasteiger partial charge in [-0.05, 0) is 18.2 Å². The molecule has 0 aromatic heterocycles. The molecule has 0 atom stereocenters. The first kappa shape index (κ1) is 11.7. The normalized spacial score (nSPS) is 8.42. The maximum atomic E-state index is 10.2. The van der Waals surface area contributed by atoms with Crippen LogP contribution in [0.1, 0.15) is 10.4 Å². The molecule has 0 aliphatic carbocycles. The molecule has 0 aliphatic heterocycles. The monoisotopic (exact) mass is 194 g/mol. The number of phenols is 1. The molecular weight excluding hydrogens is 184 g/mol. The summed E-state index contributed by atoms with van der Waals surface area (Å²) in [5.74, 6) is 0.354. The first-order valence-electron chi connectivity index (χ1n) is 3.10. The van der Waals surface area contributed by atoms with Gasteiger partial charge in [-0.15, -0.1) is 0 Å². The Kier molecular flexibility index (Phi) is 5.29. The Morgan fingerprint density at radius 2 is 2.17 bits per heavy atom. The second-order valence-corrected chi connectivity index (χ2v) is 2.05. The van der Waals surface area contributed by atoms with Gasteiger partial charge in [-0.3, -0.25) is 4.79 Å². The van der Waals surface area contributed by atoms with Gasteiger partial charge in [0.05, 0.1) is 7.11 Å². The number of carbonyl (C=O) groups is 1. The average Bonchev–Trinajstić information content (AvgIpc) is 2.05. The van der Waals surface area contributed by atoms with Crippen LogP contribution in [-0.2, 0) is 0 Å². The summed E-state index contributed by atoms with van der Waals surface area (Å²) in [4.78, 5) is 10.2. The summed E-state index contributed by atoms with van der Waals surface area (Å²) in [5, 5.41) is 9.09. The molecule has 0 amide bonds. The molecule has 0 saturated carbocycles. The summed E-state index contributed by atoms with van der Waals surface area (Å²) in [7, 11) is 1.43. The van der Waals surface area contributed by atoms with E-state index in [1.54, 1.807) is 0 Å². The van der Waals surface area contributed by atoms with Gasteiger partial charge in [0, 0.05) is 5.56 Å². The van der Waals surface area contributed by atoms with Crippen LogP contribution in [0.2, 0.25) is 0 Å². The third-order valence-electron chi connectivity index (χ3n) is 1.34. The molecule has 1 rings (SSSR count). The van der Waals surface area contributed by atoms with Crippen molar-refractivity contribution in [2.24, 2.45) is 0 Å². The first-order chi connectivity index (χ1) is 5.27. The van der Waals surface area contributed by atoms with E-state index in [-0.39, 0.29) is 43.5 Å². The van der Waals surface area contributed by atoms with Gasteiger partial charge in [0.15, 0.2) is 11.5 Å². The van der Waals surface area contributed by atoms with Gasteiger partial charge in [-0.25, -0.2) is 0 Å². The van der Waals surface area contributed by atoms with Crippen LogP contribution in [0.5, 0.6) is 11.5 Å². The molecule has 1 aromatic carbocycles. The molecule has 0 aliphatic rings. The van der Waals surface area contributed by atoms with Crippen LogP contribution in [0, 0.1) is 0 Å². The van der Waals surface area contributed by atoms with Gasteiger partial charge >= 0.3 is 37.7 Å². The fourth-order valence-corrected chi connectivity index (χ4v) is 0.768. The third kappa shape index (κ3) is 2.66. The minimum absolute atomic E-state index is 0. The summed E-state index contributed by atoms with van der Waals surface area (Å²) in [6.07, 6.45) is 0.696. The molecule has 0 saturated heterocycles. The van der Waals surface area contributed by atoms with Crippen LogP contribution in [-0.4, -0.2) is 56.2 Å². The fraction of sp³-hybridized carbons (Fsp3) is 0.125. The predicted octanol–water partition coefficient (Wildman–Crippen LogP) is 0.297. The van der Waals surface area contributed by atoms with E-state index in [1.165, 1.54) is 25.3 Å². The van der Waals surface area contributed by atoms with Crippen LogP contribution < -0.4 is 4.74 Å². The SMILES string of the molecule is COc1cc(C=O)ccc1O.[CaH2]. The number of methoxy groups -OCH3 is 1. The second kappa shape index (κ2) is 5.40. The molecule has 1 aromatic rings. The van der Waals surface area contributed by atoms with Gasteiger partial charge in [0.2, 0.25) is 0 Å². The standard InChI is InChI=1S/C8H8O3.Ca.2H/c1-11-8-4-6(5-9)2-3-7(8)10;;;/h2-5,10H,1H3;;;. The number of hydrogen-bond acceptors (Lipinski definition) is 3. The van der Waals surface area contributed by atoms with Crippen LogP contribution in [0.15, 0.2) is 18.2 Å². The molecule has 12 heavy (non-hydrogen) atoms. The van der Waals surface area contributed by atoms with Gasteiger partial charge in [0.1, 0.15) is 6.29 Å². The quantitative estimate of drug-likeness (QED) is 0.544. The molecule has 1 N–H and O–H groups in total. The zero-order chi connectivity index (χ0) is 8.27. The zero-order valence-electron chi connectivity index (χ0n) is 6.07. The maximum absolute atomic E-state index is 10.2. The Morgan fingerprint density at radius 1 is 1.50 bits per heavy atom. The van der Waals surface area contributed by atoms with Crippen molar-refractivity contribution in [2.45, 2.75) is 0 Å². The van der Waals surface area contributed by atoms with E-state index in [9.17, 15) is 4.79 Å². The first-order valence-corrected chi connectivity index (χ1v) is 3.10. The van der Waals surface area contributed by atoms with Crippen molar-refractivity contribution in [1.82, 2.24) is 0 Å². The number of carbonyl (C=O) groups excluding carboxylic acids is 1. The van der Waals surface area contributed by atoms with Gasteiger partial charge < -0.3 is 9.84 Å². The van der Waals surface area contributed by atoms with Gasteiger partial charge in [0.25, 0.3) is 0 Å². The molecule has 0 spiro atoms. The number of aldehydes is 1. The molecule has 0 bridgehead atoms. The summed E-state index contributed by atoms with van der Waals surface area (Å²) >= 11 is 0. The Balaban J connectivity index is 0.00000121. The van der Waals surface area contributed by atoms with Crippen molar-refractivity contribution >= 4 is 44.0 Å². The fourth-order valence-electron chi connectivity index (χ4n) is 0.768. The van der Waals surface area contributed by atoms with Crippen LogP contribution in [0.4, 0.5) is 0 Å². The Bertz CT molecular complexity index is 273. The number of rotatable bonds is 2. The summed E-state index contributed by atoms with van der Waals surface area (Å²) in [6, 6.07) is 4.41. The number of aromatic hydroxyl groups is 1. The van der Waals surface area contributed by atoms with E-state index in [2.05, 4.69) is 0 Å². The second-order valence-electron chi connectivity index (χ2n) is 2.05. The summed E-state index contributed by atoms with van der Waals surface area (Å²) < 4.78 is 4.78. The van der Waals surface area contributed by atoms with E-state index in [0.717, 1.165) is 0 Å². The van der Waals surface area contributed by atoms with Crippen molar-refractivity contribution in [3.63, 3.8) is 0 Å². The van der Waals surface area contributed by atoms with E-state index in [1.807, 2.05) is 0 Å². The molecule has 4 heteroatoms. The van der Waals surface area contributed by atoms with E-state index < -0.39 is 0 Å². The number of hydrogen-bond donors (Lipinski definition) is 1. The van der Waals surface area contributed by atoms with Crippen LogP contribution in [0.25, 0.3) is 0 Å². The van der Waals surface area contributed by atoms with Crippen molar-refractivity contribution in [1.29, 1.82) is 0 Å². The average molecular weight is 194 g/mol. The van der Waals surface area contributed by atoms with Crippen molar-refractivity contribution < 1.29 is 14.6 Å². The van der Waals surface area contributed by atoms with Crippen LogP contribution in [0.3, 0.4) is 0 Å². The third-order valence-corrected chi connectivity index (χ3v) is 1.34. The van der Waals surface area contributed by atoms with Gasteiger partial charge in [-0.1, -0.05) is 0 Å². The Morgan fingerprint density at radius 3 is 2.67 bits per heavy atom. The summed E-state index contributed by atoms with van der Waals surface area (Å²) in [5.41, 5.74) is 0.486. The molecule has 62 valence electrons. The Hall–Kier alpha value is -0.250. The minimum atomic E-state index is 0. The molecular formula is C8H10CaO3. The van der Waals surface area contributed by atoms with Crippen molar-refractivity contribution in [3.05, 3.63) is 23.8 Å². The van der Waals surface area contributed by atoms with Crippen LogP contribution >= 0.6 is 0 Å². The van der Waals surface area contributed by atoms with E-state index in [0.29, 0.717) is 17.6 Å². The zero-order valence-corrected chi connectivity index (χ0v) is 6.07. The predicted molar refractivity (Wildman–Crippen MR) is 48.6 cm³/mol. The molecule has 3 nitrogen and oxygen atoms in total. The number of ether oxygens (including phenoxy) is 1. The van der Waals surface area contributed by atoms with Crippen molar-refractivity contribution in [3.8, 4) is 11.5 Å². The van der Waals surface area contributed by atoms with Gasteiger partial charge in [-0.2, -0.15) is 0 Å². The van der Waals surface area contributed by atoms with E-state index in [4.69, 9.17) is 9.84 Å².